The minimum atomic E-state index is -4.46. The highest BCUT2D eigenvalue weighted by atomic mass is 79.9. The molecule has 0 fully saturated rings. The monoisotopic (exact) mass is 321 g/mol. The van der Waals surface area contributed by atoms with Crippen LogP contribution in [0.3, 0.4) is 0 Å². The molecule has 17 heavy (non-hydrogen) atoms. The van der Waals surface area contributed by atoms with Gasteiger partial charge >= 0.3 is 6.18 Å². The molecule has 1 amide bonds. The Balaban J connectivity index is 3.25. The predicted octanol–water partition coefficient (Wildman–Crippen LogP) is 1.48. The van der Waals surface area contributed by atoms with E-state index < -0.39 is 18.5 Å². The quantitative estimate of drug-likeness (QED) is 0.517. The van der Waals surface area contributed by atoms with Crippen molar-refractivity contribution in [1.82, 2.24) is 5.32 Å². The molecule has 0 aliphatic heterocycles. The van der Waals surface area contributed by atoms with Crippen LogP contribution in [0.2, 0.25) is 0 Å². The van der Waals surface area contributed by atoms with Crippen LogP contribution in [0.25, 0.3) is 0 Å². The van der Waals surface area contributed by atoms with E-state index in [0.717, 1.165) is 5.33 Å². The third-order valence-corrected chi connectivity index (χ3v) is 1.85. The van der Waals surface area contributed by atoms with Gasteiger partial charge in [0, 0.05) is 11.9 Å². The van der Waals surface area contributed by atoms with E-state index in [1.807, 2.05) is 0 Å². The molecule has 0 aromatic carbocycles. The fraction of sp³-hybridized carbons (Fsp3) is 0.889. The first-order valence-corrected chi connectivity index (χ1v) is 6.13. The molecule has 0 atom stereocenters. The maximum atomic E-state index is 11.7. The SMILES string of the molecule is O=C(CC(F)(F)F)NCCOCCOCCBr. The summed E-state index contributed by atoms with van der Waals surface area (Å²) in [5, 5.41) is 2.85. The van der Waals surface area contributed by atoms with Gasteiger partial charge in [0.1, 0.15) is 6.42 Å². The second-order valence-electron chi connectivity index (χ2n) is 3.06. The van der Waals surface area contributed by atoms with E-state index in [1.54, 1.807) is 0 Å². The third-order valence-electron chi connectivity index (χ3n) is 1.52. The highest BCUT2D eigenvalue weighted by molar-refractivity contribution is 9.09. The Labute approximate surface area is 106 Å². The van der Waals surface area contributed by atoms with Gasteiger partial charge in [-0.1, -0.05) is 15.9 Å². The molecule has 0 unspecified atom stereocenters. The van der Waals surface area contributed by atoms with Gasteiger partial charge in [-0.05, 0) is 0 Å². The molecule has 4 nitrogen and oxygen atoms in total. The summed E-state index contributed by atoms with van der Waals surface area (Å²) >= 11 is 3.18. The summed E-state index contributed by atoms with van der Waals surface area (Å²) in [7, 11) is 0. The molecule has 0 aliphatic carbocycles. The van der Waals surface area contributed by atoms with E-state index in [1.165, 1.54) is 0 Å². The summed E-state index contributed by atoms with van der Waals surface area (Å²) in [5.41, 5.74) is 0. The zero-order valence-electron chi connectivity index (χ0n) is 9.19. The summed E-state index contributed by atoms with van der Waals surface area (Å²) in [6.45, 7) is 1.57. The molecule has 0 heterocycles. The summed E-state index contributed by atoms with van der Waals surface area (Å²) in [6.07, 6.45) is -5.92. The summed E-state index contributed by atoms with van der Waals surface area (Å²) in [6, 6.07) is 0. The third kappa shape index (κ3) is 13.6. The molecule has 1 N–H and O–H groups in total. The van der Waals surface area contributed by atoms with Gasteiger partial charge in [0.05, 0.1) is 26.4 Å². The zero-order chi connectivity index (χ0) is 13.1. The predicted molar refractivity (Wildman–Crippen MR) is 59.1 cm³/mol. The minimum absolute atomic E-state index is 0.0629. The summed E-state index contributed by atoms with van der Waals surface area (Å²) in [5.74, 6) is -1.04. The smallest absolute Gasteiger partial charge is 0.378 e. The molecule has 0 saturated carbocycles. The molecule has 0 radical (unpaired) electrons. The molecule has 0 saturated heterocycles. The van der Waals surface area contributed by atoms with Crippen molar-refractivity contribution >= 4 is 21.8 Å². The Morgan fingerprint density at radius 1 is 1.12 bits per heavy atom. The van der Waals surface area contributed by atoms with Crippen molar-refractivity contribution in [2.24, 2.45) is 0 Å². The first-order chi connectivity index (χ1) is 7.95. The van der Waals surface area contributed by atoms with Crippen LogP contribution in [0.4, 0.5) is 13.2 Å². The topological polar surface area (TPSA) is 47.6 Å². The molecule has 0 aliphatic rings. The summed E-state index contributed by atoms with van der Waals surface area (Å²) < 4.78 is 45.3. The Bertz CT molecular complexity index is 214. The van der Waals surface area contributed by atoms with Crippen molar-refractivity contribution < 1.29 is 27.4 Å². The molecule has 0 aromatic rings. The van der Waals surface area contributed by atoms with Crippen molar-refractivity contribution in [3.63, 3.8) is 0 Å². The van der Waals surface area contributed by atoms with Crippen LogP contribution in [0.5, 0.6) is 0 Å². The number of ether oxygens (including phenoxy) is 2. The Morgan fingerprint density at radius 3 is 2.24 bits per heavy atom. The van der Waals surface area contributed by atoms with E-state index in [4.69, 9.17) is 9.47 Å². The van der Waals surface area contributed by atoms with Gasteiger partial charge in [-0.2, -0.15) is 13.2 Å². The molecule has 0 rings (SSSR count). The number of carbonyl (C=O) groups excluding carboxylic acids is 1. The molecule has 8 heteroatoms. The lowest BCUT2D eigenvalue weighted by Gasteiger charge is -2.08. The van der Waals surface area contributed by atoms with Crippen LogP contribution in [-0.4, -0.2) is 50.4 Å². The number of rotatable bonds is 9. The average molecular weight is 322 g/mol. The van der Waals surface area contributed by atoms with E-state index in [2.05, 4.69) is 21.2 Å². The van der Waals surface area contributed by atoms with Crippen molar-refractivity contribution in [1.29, 1.82) is 0 Å². The second kappa shape index (κ2) is 9.67. The van der Waals surface area contributed by atoms with Crippen molar-refractivity contribution in [2.45, 2.75) is 12.6 Å². The van der Waals surface area contributed by atoms with Crippen LogP contribution in [-0.2, 0) is 14.3 Å². The number of halogens is 4. The average Bonchev–Trinajstić information content (AvgIpc) is 2.19. The number of carbonyl (C=O) groups is 1. The standard InChI is InChI=1S/C9H15BrF3NO3/c10-1-3-16-5-6-17-4-2-14-8(15)7-9(11,12)13/h1-7H2,(H,14,15). The molecule has 102 valence electrons. The van der Waals surface area contributed by atoms with Gasteiger partial charge in [0.25, 0.3) is 0 Å². The number of hydrogen-bond acceptors (Lipinski definition) is 3. The van der Waals surface area contributed by atoms with E-state index in [9.17, 15) is 18.0 Å². The number of hydrogen-bond donors (Lipinski definition) is 1. The Kier molecular flexibility index (Phi) is 9.47. The number of alkyl halides is 4. The molecular formula is C9H15BrF3NO3. The largest absolute Gasteiger partial charge is 0.397 e. The Hall–Kier alpha value is -0.340. The Morgan fingerprint density at radius 2 is 1.71 bits per heavy atom. The van der Waals surface area contributed by atoms with Gasteiger partial charge in [0.2, 0.25) is 5.91 Å². The van der Waals surface area contributed by atoms with Crippen LogP contribution >= 0.6 is 15.9 Å². The lowest BCUT2D eigenvalue weighted by Crippen LogP contribution is -2.31. The number of amides is 1. The fourth-order valence-electron chi connectivity index (χ4n) is 0.884. The molecule has 0 bridgehead atoms. The van der Waals surface area contributed by atoms with Gasteiger partial charge in [-0.3, -0.25) is 4.79 Å². The van der Waals surface area contributed by atoms with Crippen LogP contribution in [0.15, 0.2) is 0 Å². The maximum Gasteiger partial charge on any atom is 0.397 e. The minimum Gasteiger partial charge on any atom is -0.378 e. The van der Waals surface area contributed by atoms with E-state index in [0.29, 0.717) is 19.8 Å². The number of nitrogens with one attached hydrogen (secondary N) is 1. The van der Waals surface area contributed by atoms with E-state index >= 15 is 0 Å². The first kappa shape index (κ1) is 16.7. The van der Waals surface area contributed by atoms with Gasteiger partial charge in [-0.15, -0.1) is 0 Å². The fourth-order valence-corrected chi connectivity index (χ4v) is 1.11. The first-order valence-electron chi connectivity index (χ1n) is 5.00. The van der Waals surface area contributed by atoms with Crippen LogP contribution < -0.4 is 5.32 Å². The lowest BCUT2D eigenvalue weighted by molar-refractivity contribution is -0.153. The molecule has 0 aromatic heterocycles. The second-order valence-corrected chi connectivity index (χ2v) is 3.85. The highest BCUT2D eigenvalue weighted by Gasteiger charge is 2.30. The van der Waals surface area contributed by atoms with Gasteiger partial charge in [-0.25, -0.2) is 0 Å². The van der Waals surface area contributed by atoms with Crippen LogP contribution in [0, 0.1) is 0 Å². The van der Waals surface area contributed by atoms with Crippen molar-refractivity contribution in [3.05, 3.63) is 0 Å². The van der Waals surface area contributed by atoms with Gasteiger partial charge < -0.3 is 14.8 Å². The van der Waals surface area contributed by atoms with Crippen LogP contribution in [0.1, 0.15) is 6.42 Å². The molecular weight excluding hydrogens is 307 g/mol. The zero-order valence-corrected chi connectivity index (χ0v) is 10.8. The van der Waals surface area contributed by atoms with E-state index in [-0.39, 0.29) is 13.2 Å². The summed E-state index contributed by atoms with van der Waals surface area (Å²) in [4.78, 5) is 10.7. The van der Waals surface area contributed by atoms with Gasteiger partial charge in [0.15, 0.2) is 0 Å². The highest BCUT2D eigenvalue weighted by Crippen LogP contribution is 2.18. The maximum absolute atomic E-state index is 11.7. The molecule has 0 spiro atoms. The van der Waals surface area contributed by atoms with Crippen molar-refractivity contribution in [2.75, 3.05) is 38.3 Å². The normalized spacial score (nSPS) is 11.5. The lowest BCUT2D eigenvalue weighted by atomic mass is 10.4. The van der Waals surface area contributed by atoms with Crippen molar-refractivity contribution in [3.8, 4) is 0 Å².